The summed E-state index contributed by atoms with van der Waals surface area (Å²) < 4.78 is 13.9. The maximum absolute atomic E-state index is 13.0. The summed E-state index contributed by atoms with van der Waals surface area (Å²) in [6.07, 6.45) is 15.8. The standard InChI is InChI=1S/C39H56NO3/c1-25(2)10-8-11-26(3)32-18-19-33-30-17-15-28-24-29(20-22-38(28,5)34(30)21-23-39(32,33)6)42-37(41)43-36-13-9-12-35-31(36)16-14-27(4)40(35)7/h9,12-16,25-26,29-30,32-34H,8,10-11,17-24H2,1-7H3/q+1/t26-,29+,30+,32-,33+,34+,38+,39-/m1/s1. The minimum absolute atomic E-state index is 0.104. The number of hydrogen-bond acceptors (Lipinski definition) is 3. The predicted octanol–water partition coefficient (Wildman–Crippen LogP) is 9.90. The van der Waals surface area contributed by atoms with Crippen molar-refractivity contribution < 1.29 is 18.8 Å². The fourth-order valence-electron chi connectivity index (χ4n) is 10.6. The molecule has 4 aliphatic carbocycles. The molecule has 0 amide bonds. The van der Waals surface area contributed by atoms with Gasteiger partial charge in [0, 0.05) is 25.5 Å². The lowest BCUT2D eigenvalue weighted by atomic mass is 9.47. The van der Waals surface area contributed by atoms with Crippen LogP contribution in [0.4, 0.5) is 4.79 Å². The van der Waals surface area contributed by atoms with E-state index in [0.717, 1.165) is 71.4 Å². The molecule has 0 bridgehead atoms. The van der Waals surface area contributed by atoms with Gasteiger partial charge in [0.1, 0.15) is 18.9 Å². The molecule has 3 fully saturated rings. The fraction of sp³-hybridized carbons (Fsp3) is 0.692. The largest absolute Gasteiger partial charge is 0.514 e. The highest BCUT2D eigenvalue weighted by molar-refractivity contribution is 5.85. The van der Waals surface area contributed by atoms with E-state index in [-0.39, 0.29) is 11.5 Å². The van der Waals surface area contributed by atoms with Gasteiger partial charge in [0.15, 0.2) is 5.69 Å². The molecule has 1 aromatic heterocycles. The molecule has 0 saturated heterocycles. The van der Waals surface area contributed by atoms with Crippen molar-refractivity contribution in [3.05, 3.63) is 47.7 Å². The van der Waals surface area contributed by atoms with E-state index in [0.29, 0.717) is 11.2 Å². The van der Waals surface area contributed by atoms with E-state index >= 15 is 0 Å². The van der Waals surface area contributed by atoms with E-state index in [2.05, 4.69) is 64.3 Å². The topological polar surface area (TPSA) is 39.4 Å². The van der Waals surface area contributed by atoms with Crippen molar-refractivity contribution in [2.75, 3.05) is 0 Å². The summed E-state index contributed by atoms with van der Waals surface area (Å²) in [7, 11) is 2.04. The number of aromatic nitrogens is 1. The highest BCUT2D eigenvalue weighted by Gasteiger charge is 2.59. The first-order valence-corrected chi connectivity index (χ1v) is 17.5. The van der Waals surface area contributed by atoms with E-state index in [9.17, 15) is 4.79 Å². The summed E-state index contributed by atoms with van der Waals surface area (Å²) in [5, 5.41) is 0.924. The molecule has 3 saturated carbocycles. The number of aryl methyl sites for hydroxylation is 2. The molecular weight excluding hydrogens is 530 g/mol. The Hall–Kier alpha value is -2.36. The van der Waals surface area contributed by atoms with Gasteiger partial charge in [0.25, 0.3) is 0 Å². The van der Waals surface area contributed by atoms with E-state index < -0.39 is 6.16 Å². The lowest BCUT2D eigenvalue weighted by Crippen LogP contribution is -2.51. The van der Waals surface area contributed by atoms with Gasteiger partial charge in [-0.15, -0.1) is 0 Å². The number of carbonyl (C=O) groups is 1. The van der Waals surface area contributed by atoms with Crippen LogP contribution >= 0.6 is 0 Å². The van der Waals surface area contributed by atoms with E-state index in [1.165, 1.54) is 51.4 Å². The predicted molar refractivity (Wildman–Crippen MR) is 174 cm³/mol. The monoisotopic (exact) mass is 586 g/mol. The molecule has 8 atom stereocenters. The Kier molecular flexibility index (Phi) is 8.46. The van der Waals surface area contributed by atoms with Gasteiger partial charge in [-0.2, -0.15) is 4.57 Å². The van der Waals surface area contributed by atoms with Crippen LogP contribution in [0.25, 0.3) is 10.9 Å². The van der Waals surface area contributed by atoms with E-state index in [1.54, 1.807) is 5.57 Å². The summed E-state index contributed by atoms with van der Waals surface area (Å²) in [6.45, 7) is 14.6. The molecule has 4 heteroatoms. The molecular formula is C39H56NO3+. The Morgan fingerprint density at radius 1 is 1.00 bits per heavy atom. The Balaban J connectivity index is 1.10. The molecule has 0 aliphatic heterocycles. The molecule has 4 aliphatic rings. The molecule has 2 aromatic rings. The number of fused-ring (bicyclic) bond motifs is 6. The van der Waals surface area contributed by atoms with Crippen molar-refractivity contribution in [3.8, 4) is 5.75 Å². The molecule has 234 valence electrons. The first-order valence-electron chi connectivity index (χ1n) is 17.5. The highest BCUT2D eigenvalue weighted by Crippen LogP contribution is 2.67. The average Bonchev–Trinajstić information content (AvgIpc) is 3.32. The molecule has 0 spiro atoms. The van der Waals surface area contributed by atoms with Gasteiger partial charge in [0.05, 0.1) is 5.39 Å². The number of benzene rings is 1. The van der Waals surface area contributed by atoms with E-state index in [4.69, 9.17) is 9.47 Å². The number of pyridine rings is 1. The van der Waals surface area contributed by atoms with Crippen LogP contribution in [0.5, 0.6) is 5.75 Å². The first kappa shape index (κ1) is 30.7. The van der Waals surface area contributed by atoms with Crippen molar-refractivity contribution in [1.29, 1.82) is 0 Å². The van der Waals surface area contributed by atoms with E-state index in [1.807, 2.05) is 25.2 Å². The van der Waals surface area contributed by atoms with Crippen LogP contribution < -0.4 is 9.30 Å². The van der Waals surface area contributed by atoms with Gasteiger partial charge in [-0.3, -0.25) is 0 Å². The smallest absolute Gasteiger partial charge is 0.430 e. The minimum Gasteiger partial charge on any atom is -0.430 e. The van der Waals surface area contributed by atoms with Gasteiger partial charge in [0.2, 0.25) is 5.52 Å². The zero-order valence-electron chi connectivity index (χ0n) is 28.0. The Bertz CT molecular complexity index is 1380. The summed E-state index contributed by atoms with van der Waals surface area (Å²) in [6, 6.07) is 9.93. The lowest BCUT2D eigenvalue weighted by Gasteiger charge is -2.58. The molecule has 1 aromatic carbocycles. The number of nitrogens with zero attached hydrogens (tertiary/aromatic N) is 1. The summed E-state index contributed by atoms with van der Waals surface area (Å²) in [5.74, 6) is 5.59. The third kappa shape index (κ3) is 5.54. The van der Waals surface area contributed by atoms with Crippen LogP contribution in [0.1, 0.15) is 111 Å². The molecule has 0 radical (unpaired) electrons. The van der Waals surface area contributed by atoms with Crippen molar-refractivity contribution in [2.24, 2.45) is 53.4 Å². The fourth-order valence-corrected chi connectivity index (χ4v) is 10.6. The van der Waals surface area contributed by atoms with Crippen LogP contribution in [-0.2, 0) is 11.8 Å². The Labute approximate surface area is 260 Å². The Morgan fingerprint density at radius 2 is 1.81 bits per heavy atom. The normalized spacial score (nSPS) is 34.2. The maximum atomic E-state index is 13.0. The van der Waals surface area contributed by atoms with Gasteiger partial charge < -0.3 is 9.47 Å². The van der Waals surface area contributed by atoms with Crippen LogP contribution in [0.2, 0.25) is 0 Å². The van der Waals surface area contributed by atoms with Crippen LogP contribution in [0.3, 0.4) is 0 Å². The number of ether oxygens (including phenoxy) is 2. The van der Waals surface area contributed by atoms with Gasteiger partial charge in [-0.25, -0.2) is 4.79 Å². The van der Waals surface area contributed by atoms with Crippen LogP contribution in [-0.4, -0.2) is 12.3 Å². The molecule has 6 rings (SSSR count). The second kappa shape index (κ2) is 11.9. The third-order valence-corrected chi connectivity index (χ3v) is 13.1. The van der Waals surface area contributed by atoms with Gasteiger partial charge >= 0.3 is 6.16 Å². The van der Waals surface area contributed by atoms with Crippen molar-refractivity contribution in [2.45, 2.75) is 118 Å². The maximum Gasteiger partial charge on any atom is 0.514 e. The van der Waals surface area contributed by atoms with Crippen molar-refractivity contribution in [1.82, 2.24) is 0 Å². The second-order valence-electron chi connectivity index (χ2n) is 15.8. The number of carbonyl (C=O) groups excluding carboxylic acids is 1. The van der Waals surface area contributed by atoms with Gasteiger partial charge in [-0.1, -0.05) is 71.6 Å². The lowest BCUT2D eigenvalue weighted by molar-refractivity contribution is -0.651. The highest BCUT2D eigenvalue weighted by atomic mass is 16.7. The summed E-state index contributed by atoms with van der Waals surface area (Å²) in [5.41, 5.74) is 4.50. The Morgan fingerprint density at radius 3 is 2.60 bits per heavy atom. The minimum atomic E-state index is -0.577. The molecule has 1 heterocycles. The SMILES string of the molecule is Cc1ccc2c(OC(=O)O[C@H]3CC[C@@]4(C)C(=CC[C@H]5[C@@H]6CC[C@H]([C@H](C)CCCC(C)C)[C@@]6(C)CC[C@@H]54)C3)cccc2[n+]1C. The second-order valence-corrected chi connectivity index (χ2v) is 15.8. The number of rotatable bonds is 7. The third-order valence-electron chi connectivity index (χ3n) is 13.1. The molecule has 4 nitrogen and oxygen atoms in total. The first-order chi connectivity index (χ1) is 20.5. The van der Waals surface area contributed by atoms with Gasteiger partial charge in [-0.05, 0) is 103 Å². The average molecular weight is 587 g/mol. The molecule has 43 heavy (non-hydrogen) atoms. The zero-order valence-corrected chi connectivity index (χ0v) is 28.0. The van der Waals surface area contributed by atoms with Crippen LogP contribution in [0.15, 0.2) is 42.0 Å². The van der Waals surface area contributed by atoms with Crippen molar-refractivity contribution in [3.63, 3.8) is 0 Å². The number of allylic oxidation sites excluding steroid dienone is 1. The van der Waals surface area contributed by atoms with Crippen LogP contribution in [0, 0.1) is 53.3 Å². The zero-order chi connectivity index (χ0) is 30.5. The quantitative estimate of drug-likeness (QED) is 0.140. The molecule has 0 unspecified atom stereocenters. The summed E-state index contributed by atoms with van der Waals surface area (Å²) >= 11 is 0. The molecule has 0 N–H and O–H groups in total. The number of hydrogen-bond donors (Lipinski definition) is 0. The van der Waals surface area contributed by atoms with Crippen molar-refractivity contribution >= 4 is 17.1 Å². The summed E-state index contributed by atoms with van der Waals surface area (Å²) in [4.78, 5) is 13.0.